The van der Waals surface area contributed by atoms with Crippen molar-refractivity contribution in [2.24, 2.45) is 0 Å². The molecule has 0 spiro atoms. The normalized spacial score (nSPS) is 11.3. The van der Waals surface area contributed by atoms with Crippen LogP contribution in [0.3, 0.4) is 0 Å². The van der Waals surface area contributed by atoms with Crippen molar-refractivity contribution < 1.29 is 24.2 Å². The maximum Gasteiger partial charge on any atom is 3.00 e. The predicted octanol–water partition coefficient (Wildman–Crippen LogP) is 10.3. The van der Waals surface area contributed by atoms with Crippen LogP contribution < -0.4 is 0 Å². The molecular formula is C42H36IrN3. The average molecular weight is 778 g/mol. The van der Waals surface area contributed by atoms with E-state index in [1.165, 1.54) is 28.0 Å². The summed E-state index contributed by atoms with van der Waals surface area (Å²) in [5.41, 5.74) is 10.4. The molecule has 0 bridgehead atoms. The molecule has 0 saturated carbocycles. The van der Waals surface area contributed by atoms with Crippen molar-refractivity contribution in [1.82, 2.24) is 15.0 Å². The molecule has 0 saturated heterocycles. The summed E-state index contributed by atoms with van der Waals surface area (Å²) in [6, 6.07) is 48.6. The van der Waals surface area contributed by atoms with E-state index < -0.39 is 6.85 Å². The second kappa shape index (κ2) is 16.5. The van der Waals surface area contributed by atoms with Crippen LogP contribution in [0.25, 0.3) is 44.5 Å². The number of nitrogens with zero attached hydrogens (tertiary/aromatic N) is 3. The van der Waals surface area contributed by atoms with E-state index in [0.29, 0.717) is 5.69 Å². The number of fused-ring (bicyclic) bond motifs is 1. The number of hydrogen-bond donors (Lipinski definition) is 0. The summed E-state index contributed by atoms with van der Waals surface area (Å²) >= 11 is 0. The van der Waals surface area contributed by atoms with Gasteiger partial charge in [-0.25, -0.2) is 0 Å². The second-order valence-electron chi connectivity index (χ2n) is 10.8. The van der Waals surface area contributed by atoms with Gasteiger partial charge in [0.05, 0.1) is 0 Å². The molecule has 0 atom stereocenters. The molecule has 3 heterocycles. The Bertz CT molecular complexity index is 2090. The first kappa shape index (κ1) is 29.9. The van der Waals surface area contributed by atoms with Crippen LogP contribution >= 0.6 is 0 Å². The summed E-state index contributed by atoms with van der Waals surface area (Å²) in [5.74, 6) is 0. The monoisotopic (exact) mass is 778 g/mol. The number of hydrogen-bond acceptors (Lipinski definition) is 3. The molecule has 46 heavy (non-hydrogen) atoms. The van der Waals surface area contributed by atoms with Crippen LogP contribution in [-0.4, -0.2) is 15.0 Å². The van der Waals surface area contributed by atoms with Gasteiger partial charge in [0.2, 0.25) is 0 Å². The molecule has 3 aromatic heterocycles. The van der Waals surface area contributed by atoms with Gasteiger partial charge in [-0.3, -0.25) is 0 Å². The summed E-state index contributed by atoms with van der Waals surface area (Å²) in [6.07, 6.45) is 1.87. The topological polar surface area (TPSA) is 38.7 Å². The van der Waals surface area contributed by atoms with E-state index in [4.69, 9.17) is 4.11 Å². The third kappa shape index (κ3) is 9.37. The van der Waals surface area contributed by atoms with Gasteiger partial charge in [0, 0.05) is 21.7 Å². The maximum atomic E-state index is 7.29. The third-order valence-electron chi connectivity index (χ3n) is 6.93. The van der Waals surface area contributed by atoms with Gasteiger partial charge in [-0.05, 0) is 66.8 Å². The minimum Gasteiger partial charge on any atom is -0.304 e. The van der Waals surface area contributed by atoms with Crippen molar-refractivity contribution in [2.45, 2.75) is 34.5 Å². The van der Waals surface area contributed by atoms with Crippen molar-refractivity contribution in [3.05, 3.63) is 174 Å². The fraction of sp³-hybridized carbons (Fsp3) is 0.119. The Balaban J connectivity index is 0.000000167. The fourth-order valence-corrected chi connectivity index (χ4v) is 4.90. The molecule has 0 aliphatic rings. The Morgan fingerprint density at radius 1 is 0.587 bits per heavy atom. The number of aryl methyl sites for hydroxylation is 5. The summed E-state index contributed by atoms with van der Waals surface area (Å²) in [7, 11) is 0. The van der Waals surface area contributed by atoms with Gasteiger partial charge < -0.3 is 15.0 Å². The first-order valence-electron chi connectivity index (χ1n) is 16.3. The molecule has 0 aliphatic carbocycles. The van der Waals surface area contributed by atoms with E-state index in [2.05, 4.69) is 90.3 Å². The zero-order valence-electron chi connectivity index (χ0n) is 29.3. The van der Waals surface area contributed by atoms with E-state index in [0.717, 1.165) is 39.3 Å². The Morgan fingerprint density at radius 3 is 1.83 bits per heavy atom. The van der Waals surface area contributed by atoms with Gasteiger partial charge in [-0.15, -0.1) is 107 Å². The van der Waals surface area contributed by atoms with Crippen LogP contribution in [-0.2, 0) is 20.1 Å². The number of pyridine rings is 3. The van der Waals surface area contributed by atoms with Crippen molar-refractivity contribution in [1.29, 1.82) is 0 Å². The quantitative estimate of drug-likeness (QED) is 0.168. The number of benzene rings is 4. The number of aromatic nitrogens is 3. The molecule has 0 N–H and O–H groups in total. The van der Waals surface area contributed by atoms with E-state index in [1.54, 1.807) is 18.2 Å². The van der Waals surface area contributed by atoms with Gasteiger partial charge in [-0.1, -0.05) is 61.9 Å². The van der Waals surface area contributed by atoms with Crippen molar-refractivity contribution >= 4 is 10.8 Å². The van der Waals surface area contributed by atoms with E-state index in [1.807, 2.05) is 73.8 Å². The molecule has 0 fully saturated rings. The first-order chi connectivity index (χ1) is 23.1. The molecule has 0 amide bonds. The largest absolute Gasteiger partial charge is 3.00 e. The second-order valence-corrected chi connectivity index (χ2v) is 10.8. The predicted molar refractivity (Wildman–Crippen MR) is 187 cm³/mol. The summed E-state index contributed by atoms with van der Waals surface area (Å²) in [6.45, 7) is 6.13. The molecule has 4 heteroatoms. The van der Waals surface area contributed by atoms with Crippen molar-refractivity contribution in [3.63, 3.8) is 0 Å². The fourth-order valence-electron chi connectivity index (χ4n) is 4.90. The molecule has 0 aliphatic heterocycles. The summed E-state index contributed by atoms with van der Waals surface area (Å²) in [4.78, 5) is 13.1. The van der Waals surface area contributed by atoms with Gasteiger partial charge in [0.25, 0.3) is 0 Å². The Kier molecular flexibility index (Phi) is 10.7. The number of rotatable bonds is 3. The SMILES string of the molecule is Cc1[c-]c(-c2nccc3ccc(C)cc23)cc(C)c1.Cc1cccc(-c2[c-]cccc2)n1.[2H]C([2H])([2H])c1cccc(-c2[c-]cccc2)n1.[Ir+3]. The van der Waals surface area contributed by atoms with E-state index in [9.17, 15) is 0 Å². The van der Waals surface area contributed by atoms with Gasteiger partial charge in [0.15, 0.2) is 0 Å². The Hall–Kier alpha value is -4.76. The molecule has 7 aromatic rings. The van der Waals surface area contributed by atoms with Crippen LogP contribution in [0.1, 0.15) is 32.2 Å². The third-order valence-corrected chi connectivity index (χ3v) is 6.93. The Labute approximate surface area is 291 Å². The first-order valence-corrected chi connectivity index (χ1v) is 14.8. The molecule has 0 radical (unpaired) electrons. The molecule has 3 nitrogen and oxygen atoms in total. The smallest absolute Gasteiger partial charge is 0.304 e. The van der Waals surface area contributed by atoms with Crippen molar-refractivity contribution in [3.8, 4) is 33.8 Å². The van der Waals surface area contributed by atoms with E-state index >= 15 is 0 Å². The van der Waals surface area contributed by atoms with Crippen LogP contribution in [0.5, 0.6) is 0 Å². The van der Waals surface area contributed by atoms with Crippen LogP contribution in [0.2, 0.25) is 0 Å². The standard InChI is InChI=1S/C18H16N.2C12H10N.Ir/c1-12-4-5-15-6-7-19-18(17(15)11-12)16-9-13(2)8-14(3)10-16;2*1-10-6-5-9-12(13-10)11-7-3-2-4-8-11;/h4-9,11H,1-3H3;2*2-7,9H,1H3;/q3*-1;+3/i;1D3;;. The molecular weight excluding hydrogens is 739 g/mol. The van der Waals surface area contributed by atoms with Gasteiger partial charge >= 0.3 is 20.1 Å². The molecule has 228 valence electrons. The van der Waals surface area contributed by atoms with Crippen molar-refractivity contribution in [2.75, 3.05) is 0 Å². The summed E-state index contributed by atoms with van der Waals surface area (Å²) in [5, 5.41) is 2.42. The Morgan fingerprint density at radius 2 is 1.24 bits per heavy atom. The van der Waals surface area contributed by atoms with Crippen LogP contribution in [0.15, 0.2) is 128 Å². The molecule has 0 unspecified atom stereocenters. The molecule has 7 rings (SSSR count). The van der Waals surface area contributed by atoms with Gasteiger partial charge in [0.1, 0.15) is 0 Å². The zero-order chi connectivity index (χ0) is 34.1. The molecule has 4 aromatic carbocycles. The van der Waals surface area contributed by atoms with Crippen LogP contribution in [0.4, 0.5) is 0 Å². The summed E-state index contributed by atoms with van der Waals surface area (Å²) < 4.78 is 21.9. The average Bonchev–Trinajstić information content (AvgIpc) is 3.09. The van der Waals surface area contributed by atoms with Crippen LogP contribution in [0, 0.1) is 52.7 Å². The van der Waals surface area contributed by atoms with Gasteiger partial charge in [-0.2, -0.15) is 0 Å². The van der Waals surface area contributed by atoms with E-state index in [-0.39, 0.29) is 25.8 Å². The minimum atomic E-state index is -2.16. The zero-order valence-corrected chi connectivity index (χ0v) is 28.7. The minimum absolute atomic E-state index is 0. The maximum absolute atomic E-state index is 7.29.